The number of aromatic amines is 1. The van der Waals surface area contributed by atoms with Crippen LogP contribution in [0.1, 0.15) is 45.2 Å². The highest BCUT2D eigenvalue weighted by Crippen LogP contribution is 2.36. The number of carbonyl (C=O) groups is 1. The fraction of sp³-hybridized carbons (Fsp3) is 0.462. The number of hydrogen-bond acceptors (Lipinski definition) is 7. The second-order valence-corrected chi connectivity index (χ2v) is 9.71. The highest BCUT2D eigenvalue weighted by atomic mass is 19.1. The molecule has 1 aliphatic heterocycles. The van der Waals surface area contributed by atoms with Crippen molar-refractivity contribution in [3.05, 3.63) is 48.2 Å². The predicted octanol–water partition coefficient (Wildman–Crippen LogP) is 4.07. The van der Waals surface area contributed by atoms with Crippen molar-refractivity contribution in [1.82, 2.24) is 25.3 Å². The van der Waals surface area contributed by atoms with Crippen LogP contribution in [0.5, 0.6) is 0 Å². The van der Waals surface area contributed by atoms with Gasteiger partial charge in [-0.05, 0) is 62.4 Å². The molecule has 3 aromatic rings. The lowest BCUT2D eigenvalue weighted by Gasteiger charge is -2.35. The first kappa shape index (κ1) is 24.3. The Morgan fingerprint density at radius 1 is 1.17 bits per heavy atom. The number of rotatable bonds is 9. The van der Waals surface area contributed by atoms with Crippen molar-refractivity contribution in [1.29, 1.82) is 0 Å². The summed E-state index contributed by atoms with van der Waals surface area (Å²) in [7, 11) is 0. The van der Waals surface area contributed by atoms with Gasteiger partial charge in [-0.2, -0.15) is 0 Å². The Bertz CT molecular complexity index is 1200. The van der Waals surface area contributed by atoms with E-state index in [0.29, 0.717) is 41.3 Å². The van der Waals surface area contributed by atoms with E-state index in [9.17, 15) is 9.18 Å². The maximum atomic E-state index is 13.6. The summed E-state index contributed by atoms with van der Waals surface area (Å²) >= 11 is 0. The maximum Gasteiger partial charge on any atom is 0.230 e. The van der Waals surface area contributed by atoms with E-state index in [-0.39, 0.29) is 24.9 Å². The monoisotopic (exact) mass is 494 g/mol. The summed E-state index contributed by atoms with van der Waals surface area (Å²) in [4.78, 5) is 29.6. The molecule has 5 rings (SSSR count). The van der Waals surface area contributed by atoms with Gasteiger partial charge in [0.25, 0.3) is 0 Å². The molecule has 0 bridgehead atoms. The molecule has 0 unspecified atom stereocenters. The quantitative estimate of drug-likeness (QED) is 0.411. The van der Waals surface area contributed by atoms with E-state index in [1.807, 2.05) is 13.8 Å². The van der Waals surface area contributed by atoms with Crippen LogP contribution in [0.4, 0.5) is 10.3 Å². The van der Waals surface area contributed by atoms with E-state index in [2.05, 4.69) is 25.6 Å². The van der Waals surface area contributed by atoms with E-state index >= 15 is 0 Å². The topological polar surface area (TPSA) is 114 Å². The Hall–Kier alpha value is -3.37. The van der Waals surface area contributed by atoms with Gasteiger partial charge in [-0.1, -0.05) is 6.92 Å². The van der Waals surface area contributed by atoms with Gasteiger partial charge in [-0.3, -0.25) is 4.79 Å². The first-order valence-electron chi connectivity index (χ1n) is 12.4. The van der Waals surface area contributed by atoms with Crippen LogP contribution in [0.3, 0.4) is 0 Å². The van der Waals surface area contributed by atoms with Gasteiger partial charge in [0.05, 0.1) is 35.7 Å². The lowest BCUT2D eigenvalue weighted by molar-refractivity contribution is -0.231. The summed E-state index contributed by atoms with van der Waals surface area (Å²) in [5, 5.41) is 6.21. The SMILES string of the molecule is CCCNC(=O)C1(C)COC(c2nc(-c3ccc(F)cc3)c(-c3ccnc(NCC4CC4)n3)[nH]2)OC1. The van der Waals surface area contributed by atoms with Crippen molar-refractivity contribution < 1.29 is 18.7 Å². The Morgan fingerprint density at radius 3 is 2.61 bits per heavy atom. The van der Waals surface area contributed by atoms with Gasteiger partial charge < -0.3 is 25.1 Å². The zero-order chi connectivity index (χ0) is 25.1. The minimum absolute atomic E-state index is 0.0952. The number of nitrogens with zero attached hydrogens (tertiary/aromatic N) is 3. The van der Waals surface area contributed by atoms with Crippen LogP contribution in [0.15, 0.2) is 36.5 Å². The predicted molar refractivity (Wildman–Crippen MR) is 132 cm³/mol. The van der Waals surface area contributed by atoms with Gasteiger partial charge in [0.2, 0.25) is 18.1 Å². The molecule has 3 N–H and O–H groups in total. The Balaban J connectivity index is 1.41. The molecule has 1 saturated carbocycles. The van der Waals surface area contributed by atoms with Crippen LogP contribution in [-0.4, -0.2) is 52.1 Å². The fourth-order valence-corrected chi connectivity index (χ4v) is 4.00. The van der Waals surface area contributed by atoms with Crippen LogP contribution >= 0.6 is 0 Å². The summed E-state index contributed by atoms with van der Waals surface area (Å²) in [5.41, 5.74) is 1.82. The molecular weight excluding hydrogens is 463 g/mol. The molecule has 2 aromatic heterocycles. The van der Waals surface area contributed by atoms with E-state index in [4.69, 9.17) is 14.5 Å². The molecular formula is C26H31FN6O3. The maximum absolute atomic E-state index is 13.6. The Kier molecular flexibility index (Phi) is 6.97. The average Bonchev–Trinajstić information content (AvgIpc) is 3.63. The van der Waals surface area contributed by atoms with Gasteiger partial charge >= 0.3 is 0 Å². The van der Waals surface area contributed by atoms with Crippen LogP contribution in [0, 0.1) is 17.2 Å². The minimum Gasteiger partial charge on any atom is -0.355 e. The molecule has 1 amide bonds. The van der Waals surface area contributed by atoms with Crippen LogP contribution in [0.25, 0.3) is 22.6 Å². The second kappa shape index (κ2) is 10.3. The van der Waals surface area contributed by atoms with Crippen molar-refractivity contribution in [3.63, 3.8) is 0 Å². The first-order chi connectivity index (χ1) is 17.4. The average molecular weight is 495 g/mol. The Morgan fingerprint density at radius 2 is 1.92 bits per heavy atom. The number of halogens is 1. The molecule has 10 heteroatoms. The molecule has 2 aliphatic rings. The molecule has 2 fully saturated rings. The van der Waals surface area contributed by atoms with Crippen LogP contribution in [-0.2, 0) is 14.3 Å². The number of nitrogens with one attached hydrogen (secondary N) is 3. The van der Waals surface area contributed by atoms with E-state index in [0.717, 1.165) is 18.5 Å². The van der Waals surface area contributed by atoms with Crippen molar-refractivity contribution in [2.75, 3.05) is 31.6 Å². The minimum atomic E-state index is -0.782. The molecule has 1 aliphatic carbocycles. The van der Waals surface area contributed by atoms with Crippen molar-refractivity contribution in [2.24, 2.45) is 11.3 Å². The molecule has 1 saturated heterocycles. The third-order valence-electron chi connectivity index (χ3n) is 6.41. The number of benzene rings is 1. The van der Waals surface area contributed by atoms with E-state index in [1.54, 1.807) is 24.4 Å². The number of amides is 1. The van der Waals surface area contributed by atoms with Gasteiger partial charge in [0.15, 0.2) is 5.82 Å². The lowest BCUT2D eigenvalue weighted by Crippen LogP contribution is -2.48. The van der Waals surface area contributed by atoms with E-state index < -0.39 is 11.7 Å². The number of anilines is 1. The molecule has 190 valence electrons. The summed E-state index contributed by atoms with van der Waals surface area (Å²) in [6.07, 6.45) is 4.23. The summed E-state index contributed by atoms with van der Waals surface area (Å²) in [6, 6.07) is 7.92. The zero-order valence-electron chi connectivity index (χ0n) is 20.5. The smallest absolute Gasteiger partial charge is 0.230 e. The fourth-order valence-electron chi connectivity index (χ4n) is 4.00. The van der Waals surface area contributed by atoms with E-state index in [1.165, 1.54) is 25.0 Å². The number of H-pyrrole nitrogens is 1. The van der Waals surface area contributed by atoms with Gasteiger partial charge in [0.1, 0.15) is 5.82 Å². The van der Waals surface area contributed by atoms with Crippen LogP contribution in [0.2, 0.25) is 0 Å². The third-order valence-corrected chi connectivity index (χ3v) is 6.41. The number of imidazole rings is 1. The van der Waals surface area contributed by atoms with Gasteiger partial charge in [-0.25, -0.2) is 19.3 Å². The first-order valence-corrected chi connectivity index (χ1v) is 12.4. The molecule has 0 spiro atoms. The number of carbonyl (C=O) groups excluding carboxylic acids is 1. The number of hydrogen-bond donors (Lipinski definition) is 3. The summed E-state index contributed by atoms with van der Waals surface area (Å²) in [5.74, 6) is 1.25. The Labute approximate surface area is 209 Å². The largest absolute Gasteiger partial charge is 0.355 e. The molecule has 1 aromatic carbocycles. The third kappa shape index (κ3) is 5.39. The number of aromatic nitrogens is 4. The molecule has 36 heavy (non-hydrogen) atoms. The highest BCUT2D eigenvalue weighted by molar-refractivity contribution is 5.82. The van der Waals surface area contributed by atoms with Crippen molar-refractivity contribution in [2.45, 2.75) is 39.4 Å². The van der Waals surface area contributed by atoms with Crippen LogP contribution < -0.4 is 10.6 Å². The highest BCUT2D eigenvalue weighted by Gasteiger charge is 2.40. The second-order valence-electron chi connectivity index (χ2n) is 9.71. The summed E-state index contributed by atoms with van der Waals surface area (Å²) in [6.45, 7) is 5.66. The molecule has 3 heterocycles. The standard InChI is InChI=1S/C26H31FN6O3/c1-3-11-28-24(34)26(2)14-35-23(36-15-26)22-32-20(17-6-8-18(27)9-7-17)21(33-22)19-10-12-29-25(31-19)30-13-16-4-5-16/h6-10,12,16,23H,3-5,11,13-15H2,1-2H3,(H,28,34)(H,32,33)(H,29,30,31). The van der Waals surface area contributed by atoms with Gasteiger partial charge in [-0.15, -0.1) is 0 Å². The zero-order valence-corrected chi connectivity index (χ0v) is 20.5. The van der Waals surface area contributed by atoms with Gasteiger partial charge in [0, 0.05) is 24.8 Å². The molecule has 0 atom stereocenters. The van der Waals surface area contributed by atoms with Crippen molar-refractivity contribution >= 4 is 11.9 Å². The summed E-state index contributed by atoms with van der Waals surface area (Å²) < 4.78 is 25.5. The normalized spacial score (nSPS) is 21.8. The molecule has 9 nitrogen and oxygen atoms in total. The van der Waals surface area contributed by atoms with Crippen molar-refractivity contribution in [3.8, 4) is 22.6 Å². The number of ether oxygens (including phenoxy) is 2. The molecule has 0 radical (unpaired) electrons. The lowest BCUT2D eigenvalue weighted by atomic mass is 9.91.